The zero-order chi connectivity index (χ0) is 14.0. The number of rotatable bonds is 5. The molecule has 1 heterocycles. The molecule has 0 radical (unpaired) electrons. The Morgan fingerprint density at radius 3 is 2.58 bits per heavy atom. The fraction of sp³-hybridized carbons (Fsp3) is 0.769. The minimum atomic E-state index is -1.14. The normalized spacial score (nSPS) is 23.3. The number of imide groups is 1. The van der Waals surface area contributed by atoms with Gasteiger partial charge in [-0.05, 0) is 12.8 Å². The topological polar surface area (TPSA) is 83.9 Å². The lowest BCUT2D eigenvalue weighted by molar-refractivity contribution is -0.156. The number of nitrogens with zero attached hydrogens (tertiary/aromatic N) is 1. The van der Waals surface area contributed by atoms with Gasteiger partial charge < -0.3 is 9.84 Å². The van der Waals surface area contributed by atoms with Crippen molar-refractivity contribution in [3.05, 3.63) is 0 Å². The number of methoxy groups -OCH3 is 1. The van der Waals surface area contributed by atoms with Gasteiger partial charge >= 0.3 is 5.97 Å². The first-order chi connectivity index (χ1) is 9.02. The summed E-state index contributed by atoms with van der Waals surface area (Å²) in [6, 6.07) is -1.10. The summed E-state index contributed by atoms with van der Waals surface area (Å²) in [7, 11) is 1.46. The predicted molar refractivity (Wildman–Crippen MR) is 65.3 cm³/mol. The van der Waals surface area contributed by atoms with Gasteiger partial charge in [0.05, 0.1) is 5.41 Å². The van der Waals surface area contributed by atoms with Crippen molar-refractivity contribution in [2.75, 3.05) is 13.7 Å². The average molecular weight is 269 g/mol. The van der Waals surface area contributed by atoms with Crippen molar-refractivity contribution in [1.82, 2.24) is 4.90 Å². The Morgan fingerprint density at radius 2 is 2.05 bits per heavy atom. The SMILES string of the molecule is COCCC(C(=O)O)N1C(=O)CC2(CCCC2)C1=O. The van der Waals surface area contributed by atoms with E-state index in [9.17, 15) is 19.5 Å². The summed E-state index contributed by atoms with van der Waals surface area (Å²) in [5.41, 5.74) is -0.613. The maximum atomic E-state index is 12.4. The van der Waals surface area contributed by atoms with Gasteiger partial charge in [0.15, 0.2) is 0 Å². The van der Waals surface area contributed by atoms with E-state index in [4.69, 9.17) is 4.74 Å². The van der Waals surface area contributed by atoms with E-state index in [0.717, 1.165) is 17.7 Å². The fourth-order valence-electron chi connectivity index (χ4n) is 3.17. The fourth-order valence-corrected chi connectivity index (χ4v) is 3.17. The minimum Gasteiger partial charge on any atom is -0.480 e. The van der Waals surface area contributed by atoms with Crippen molar-refractivity contribution in [2.24, 2.45) is 5.41 Å². The molecule has 106 valence electrons. The molecule has 6 nitrogen and oxygen atoms in total. The lowest BCUT2D eigenvalue weighted by atomic mass is 9.84. The molecule has 2 fully saturated rings. The molecule has 1 saturated heterocycles. The molecule has 1 aliphatic heterocycles. The highest BCUT2D eigenvalue weighted by Gasteiger charge is 2.55. The number of hydrogen-bond donors (Lipinski definition) is 1. The van der Waals surface area contributed by atoms with Crippen molar-refractivity contribution in [1.29, 1.82) is 0 Å². The van der Waals surface area contributed by atoms with Gasteiger partial charge in [-0.2, -0.15) is 0 Å². The van der Waals surface area contributed by atoms with Crippen molar-refractivity contribution in [2.45, 2.75) is 44.6 Å². The zero-order valence-electron chi connectivity index (χ0n) is 11.1. The molecule has 0 bridgehead atoms. The lowest BCUT2D eigenvalue weighted by Crippen LogP contribution is -2.47. The van der Waals surface area contributed by atoms with Crippen LogP contribution in [0.25, 0.3) is 0 Å². The Hall–Kier alpha value is -1.43. The highest BCUT2D eigenvalue weighted by Crippen LogP contribution is 2.47. The molecule has 0 aromatic rings. The first kappa shape index (κ1) is 14.0. The molecule has 1 N–H and O–H groups in total. The highest BCUT2D eigenvalue weighted by atomic mass is 16.5. The van der Waals surface area contributed by atoms with E-state index in [-0.39, 0.29) is 31.3 Å². The summed E-state index contributed by atoms with van der Waals surface area (Å²) in [5, 5.41) is 9.23. The molecule has 0 aromatic carbocycles. The molecule has 2 aliphatic rings. The molecule has 1 spiro atoms. The monoisotopic (exact) mass is 269 g/mol. The molecule has 1 unspecified atom stereocenters. The second kappa shape index (κ2) is 5.28. The molecule has 1 atom stereocenters. The Balaban J connectivity index is 2.20. The van der Waals surface area contributed by atoms with E-state index >= 15 is 0 Å². The van der Waals surface area contributed by atoms with E-state index in [1.54, 1.807) is 0 Å². The van der Waals surface area contributed by atoms with Crippen LogP contribution in [-0.2, 0) is 19.1 Å². The number of carboxylic acid groups (broad SMARTS) is 1. The quantitative estimate of drug-likeness (QED) is 0.746. The van der Waals surface area contributed by atoms with Crippen molar-refractivity contribution in [3.63, 3.8) is 0 Å². The molecule has 0 aromatic heterocycles. The van der Waals surface area contributed by atoms with E-state index in [2.05, 4.69) is 0 Å². The van der Waals surface area contributed by atoms with Crippen LogP contribution in [0.5, 0.6) is 0 Å². The Kier molecular flexibility index (Phi) is 3.89. The van der Waals surface area contributed by atoms with Crippen LogP contribution in [0.15, 0.2) is 0 Å². The van der Waals surface area contributed by atoms with Crippen LogP contribution >= 0.6 is 0 Å². The summed E-state index contributed by atoms with van der Waals surface area (Å²) in [6.45, 7) is 0.209. The molecular weight excluding hydrogens is 250 g/mol. The molecule has 2 amide bonds. The number of carbonyl (C=O) groups excluding carboxylic acids is 2. The number of amides is 2. The first-order valence-electron chi connectivity index (χ1n) is 6.60. The number of carboxylic acids is 1. The Labute approximate surface area is 111 Å². The van der Waals surface area contributed by atoms with Gasteiger partial charge in [-0.25, -0.2) is 4.79 Å². The molecule has 19 heavy (non-hydrogen) atoms. The number of carbonyl (C=O) groups is 3. The first-order valence-corrected chi connectivity index (χ1v) is 6.60. The standard InChI is InChI=1S/C13H19NO5/c1-19-7-4-9(11(16)17)14-10(15)8-13(12(14)18)5-2-3-6-13/h9H,2-8H2,1H3,(H,16,17). The minimum absolute atomic E-state index is 0.138. The maximum Gasteiger partial charge on any atom is 0.327 e. The number of aliphatic carboxylic acids is 1. The lowest BCUT2D eigenvalue weighted by Gasteiger charge is -2.25. The summed E-state index contributed by atoms with van der Waals surface area (Å²) in [6.07, 6.45) is 3.57. The molecule has 1 saturated carbocycles. The smallest absolute Gasteiger partial charge is 0.327 e. The largest absolute Gasteiger partial charge is 0.480 e. The van der Waals surface area contributed by atoms with Gasteiger partial charge in [0.2, 0.25) is 11.8 Å². The van der Waals surface area contributed by atoms with E-state index in [1.807, 2.05) is 0 Å². The molecule has 2 rings (SSSR count). The third kappa shape index (κ3) is 2.36. The van der Waals surface area contributed by atoms with Crippen LogP contribution in [0.3, 0.4) is 0 Å². The second-order valence-corrected chi connectivity index (χ2v) is 5.37. The van der Waals surface area contributed by atoms with Crippen LogP contribution < -0.4 is 0 Å². The van der Waals surface area contributed by atoms with Crippen LogP contribution in [-0.4, -0.2) is 47.5 Å². The van der Waals surface area contributed by atoms with Crippen LogP contribution in [0.4, 0.5) is 0 Å². The van der Waals surface area contributed by atoms with Crippen LogP contribution in [0.2, 0.25) is 0 Å². The van der Waals surface area contributed by atoms with E-state index in [1.165, 1.54) is 7.11 Å². The molecule has 6 heteroatoms. The third-order valence-corrected chi connectivity index (χ3v) is 4.18. The number of hydrogen-bond acceptors (Lipinski definition) is 4. The predicted octanol–water partition coefficient (Wildman–Crippen LogP) is 0.795. The van der Waals surface area contributed by atoms with Gasteiger partial charge in [-0.1, -0.05) is 12.8 Å². The Morgan fingerprint density at radius 1 is 1.42 bits per heavy atom. The van der Waals surface area contributed by atoms with E-state index < -0.39 is 17.4 Å². The average Bonchev–Trinajstić information content (AvgIpc) is 2.90. The summed E-state index contributed by atoms with van der Waals surface area (Å²) >= 11 is 0. The van der Waals surface area contributed by atoms with Crippen LogP contribution in [0, 0.1) is 5.41 Å². The number of likely N-dealkylation sites (tertiary alicyclic amines) is 1. The zero-order valence-corrected chi connectivity index (χ0v) is 11.1. The molecule has 1 aliphatic carbocycles. The van der Waals surface area contributed by atoms with Gasteiger partial charge in [0, 0.05) is 26.6 Å². The van der Waals surface area contributed by atoms with Crippen LogP contribution in [0.1, 0.15) is 38.5 Å². The van der Waals surface area contributed by atoms with Gasteiger partial charge in [-0.15, -0.1) is 0 Å². The van der Waals surface area contributed by atoms with Gasteiger partial charge in [-0.3, -0.25) is 14.5 Å². The summed E-state index contributed by atoms with van der Waals surface area (Å²) in [5.74, 6) is -1.79. The summed E-state index contributed by atoms with van der Waals surface area (Å²) < 4.78 is 4.86. The number of ether oxygens (including phenoxy) is 1. The second-order valence-electron chi connectivity index (χ2n) is 5.37. The highest BCUT2D eigenvalue weighted by molar-refractivity contribution is 6.08. The van der Waals surface area contributed by atoms with Crippen molar-refractivity contribution in [3.8, 4) is 0 Å². The van der Waals surface area contributed by atoms with E-state index in [0.29, 0.717) is 12.8 Å². The van der Waals surface area contributed by atoms with Gasteiger partial charge in [0.25, 0.3) is 0 Å². The molecular formula is C13H19NO5. The van der Waals surface area contributed by atoms with Gasteiger partial charge in [0.1, 0.15) is 6.04 Å². The third-order valence-electron chi connectivity index (χ3n) is 4.18. The van der Waals surface area contributed by atoms with Crippen molar-refractivity contribution >= 4 is 17.8 Å². The summed E-state index contributed by atoms with van der Waals surface area (Å²) in [4.78, 5) is 36.8. The van der Waals surface area contributed by atoms with Crippen molar-refractivity contribution < 1.29 is 24.2 Å². The maximum absolute atomic E-state index is 12.4. The Bertz CT molecular complexity index is 400.